The molecule has 0 radical (unpaired) electrons. The molecule has 2 aromatic rings. The van der Waals surface area contributed by atoms with E-state index < -0.39 is 45.8 Å². The number of hydrogen-bond acceptors (Lipinski definition) is 5. The summed E-state index contributed by atoms with van der Waals surface area (Å²) in [5.74, 6) is -0.279. The minimum absolute atomic E-state index is 0.0183. The van der Waals surface area contributed by atoms with Gasteiger partial charge in [0.05, 0.1) is 25.0 Å². The van der Waals surface area contributed by atoms with Crippen molar-refractivity contribution in [2.24, 2.45) is 0 Å². The Morgan fingerprint density at radius 3 is 2.41 bits per heavy atom. The number of hydrogen-bond donors (Lipinski definition) is 0. The van der Waals surface area contributed by atoms with E-state index in [0.717, 1.165) is 24.0 Å². The first-order chi connectivity index (χ1) is 19.0. The zero-order valence-electron chi connectivity index (χ0n) is 23.8. The van der Waals surface area contributed by atoms with E-state index in [1.165, 1.54) is 22.4 Å². The van der Waals surface area contributed by atoms with Crippen molar-refractivity contribution >= 4 is 21.7 Å². The summed E-state index contributed by atoms with van der Waals surface area (Å²) in [4.78, 5) is 14.5. The van der Waals surface area contributed by atoms with Gasteiger partial charge < -0.3 is 9.47 Å². The second kappa shape index (κ2) is 11.3. The van der Waals surface area contributed by atoms with E-state index in [1.54, 1.807) is 26.0 Å². The van der Waals surface area contributed by atoms with Gasteiger partial charge in [-0.3, -0.25) is 4.90 Å². The Kier molecular flexibility index (Phi) is 8.48. The number of aryl methyl sites for hydroxylation is 1. The predicted molar refractivity (Wildman–Crippen MR) is 147 cm³/mol. The first-order valence-corrected chi connectivity index (χ1v) is 15.1. The number of halogens is 4. The number of cyclic esters (lactones) is 1. The maximum atomic E-state index is 14.8. The van der Waals surface area contributed by atoms with Gasteiger partial charge in [0.25, 0.3) is 0 Å². The number of methoxy groups -OCH3 is 1. The zero-order chi connectivity index (χ0) is 30.4. The fourth-order valence-corrected chi connectivity index (χ4v) is 6.29. The van der Waals surface area contributed by atoms with E-state index in [0.29, 0.717) is 22.3 Å². The number of ether oxygens (including phenoxy) is 2. The van der Waals surface area contributed by atoms with Gasteiger partial charge in [0, 0.05) is 31.3 Å². The molecule has 1 saturated heterocycles. The molecule has 4 rings (SSSR count). The average molecular weight is 599 g/mol. The van der Waals surface area contributed by atoms with Gasteiger partial charge in [-0.05, 0) is 66.7 Å². The highest BCUT2D eigenvalue weighted by atomic mass is 32.2. The summed E-state index contributed by atoms with van der Waals surface area (Å²) in [6.45, 7) is 7.06. The molecule has 1 fully saturated rings. The lowest BCUT2D eigenvalue weighted by molar-refractivity contribution is -0.137. The summed E-state index contributed by atoms with van der Waals surface area (Å²) in [5.41, 5.74) is 2.14. The van der Waals surface area contributed by atoms with Crippen molar-refractivity contribution in [1.82, 2.24) is 9.21 Å². The number of rotatable bonds is 7. The minimum Gasteiger partial charge on any atom is -0.496 e. The van der Waals surface area contributed by atoms with E-state index in [9.17, 15) is 30.8 Å². The Morgan fingerprint density at radius 1 is 1.15 bits per heavy atom. The lowest BCUT2D eigenvalue weighted by Gasteiger charge is -2.32. The van der Waals surface area contributed by atoms with Crippen LogP contribution < -0.4 is 4.74 Å². The lowest BCUT2D eigenvalue weighted by atomic mass is 9.89. The van der Waals surface area contributed by atoms with Gasteiger partial charge in [-0.1, -0.05) is 25.5 Å². The molecule has 0 unspecified atom stereocenters. The van der Waals surface area contributed by atoms with E-state index in [2.05, 4.69) is 0 Å². The quantitative estimate of drug-likeness (QED) is 0.351. The van der Waals surface area contributed by atoms with Crippen molar-refractivity contribution in [2.45, 2.75) is 58.4 Å². The standard InChI is InChI=1S/C29H34F4N2O5S/c1-16(2)23-12-24(26(39-5)13-25(23)30)22-7-8-34(41(6,37)38)14-20(22)15-35-18(4)27(40-28(35)36)19-9-17(3)10-21(11-19)29(31,32)33/h9-13,16,18,27H,7-8,14-15H2,1-6H3/t18-,27-/m0/s1. The summed E-state index contributed by atoms with van der Waals surface area (Å²) in [6, 6.07) is 5.91. The fourth-order valence-electron chi connectivity index (χ4n) is 5.48. The molecule has 41 heavy (non-hydrogen) atoms. The molecule has 0 spiro atoms. The third-order valence-corrected chi connectivity index (χ3v) is 8.90. The molecule has 0 aliphatic carbocycles. The van der Waals surface area contributed by atoms with Crippen molar-refractivity contribution in [3.8, 4) is 5.75 Å². The van der Waals surface area contributed by atoms with Gasteiger partial charge in [0.2, 0.25) is 10.0 Å². The summed E-state index contributed by atoms with van der Waals surface area (Å²) in [6.07, 6.45) is -4.87. The van der Waals surface area contributed by atoms with Crippen LogP contribution in [0.1, 0.15) is 67.0 Å². The molecule has 0 saturated carbocycles. The fraction of sp³-hybridized carbons (Fsp3) is 0.483. The van der Waals surface area contributed by atoms with Crippen LogP contribution in [0.3, 0.4) is 0 Å². The molecular formula is C29H34F4N2O5S. The molecule has 12 heteroatoms. The summed E-state index contributed by atoms with van der Waals surface area (Å²) in [7, 11) is -2.16. The second-order valence-electron chi connectivity index (χ2n) is 11.0. The molecule has 2 aliphatic rings. The largest absolute Gasteiger partial charge is 0.496 e. The van der Waals surface area contributed by atoms with Crippen LogP contribution in [0, 0.1) is 12.7 Å². The maximum absolute atomic E-state index is 14.8. The molecule has 0 aromatic heterocycles. The third-order valence-electron chi connectivity index (χ3n) is 7.65. The minimum atomic E-state index is -4.56. The smallest absolute Gasteiger partial charge is 0.416 e. The van der Waals surface area contributed by atoms with Crippen molar-refractivity contribution in [2.75, 3.05) is 33.0 Å². The van der Waals surface area contributed by atoms with Gasteiger partial charge in [-0.2, -0.15) is 17.5 Å². The number of alkyl halides is 3. The Hall–Kier alpha value is -3.12. The normalized spacial score (nSPS) is 20.7. The van der Waals surface area contributed by atoms with Gasteiger partial charge in [-0.25, -0.2) is 17.6 Å². The molecule has 1 amide bonds. The molecule has 224 valence electrons. The number of nitrogens with zero attached hydrogens (tertiary/aromatic N) is 2. The van der Waals surface area contributed by atoms with E-state index >= 15 is 0 Å². The van der Waals surface area contributed by atoms with Crippen LogP contribution in [-0.2, 0) is 20.9 Å². The second-order valence-corrected chi connectivity index (χ2v) is 12.9. The highest BCUT2D eigenvalue weighted by molar-refractivity contribution is 7.88. The van der Waals surface area contributed by atoms with Crippen molar-refractivity contribution < 1.29 is 40.2 Å². The van der Waals surface area contributed by atoms with Gasteiger partial charge in [0.15, 0.2) is 0 Å². The number of sulfonamides is 1. The number of carbonyl (C=O) groups excluding carboxylic acids is 1. The molecular weight excluding hydrogens is 564 g/mol. The summed E-state index contributed by atoms with van der Waals surface area (Å²) in [5, 5.41) is 0. The predicted octanol–water partition coefficient (Wildman–Crippen LogP) is 6.29. The van der Waals surface area contributed by atoms with Crippen LogP contribution in [0.2, 0.25) is 0 Å². The van der Waals surface area contributed by atoms with Gasteiger partial charge in [-0.15, -0.1) is 0 Å². The lowest BCUT2D eigenvalue weighted by Crippen LogP contribution is -2.41. The molecule has 2 heterocycles. The highest BCUT2D eigenvalue weighted by Gasteiger charge is 2.42. The SMILES string of the molecule is COc1cc(F)c(C(C)C)cc1C1=C(CN2C(=O)O[C@H](c3cc(C)cc(C(F)(F)F)c3)[C@@H]2C)CN(S(C)(=O)=O)CC1. The monoisotopic (exact) mass is 598 g/mol. The topological polar surface area (TPSA) is 76.2 Å². The Labute approximate surface area is 237 Å². The molecule has 0 N–H and O–H groups in total. The van der Waals surface area contributed by atoms with Crippen LogP contribution in [0.4, 0.5) is 22.4 Å². The maximum Gasteiger partial charge on any atom is 0.416 e. The number of carbonyl (C=O) groups is 1. The number of amides is 1. The van der Waals surface area contributed by atoms with E-state index in [-0.39, 0.29) is 43.3 Å². The average Bonchev–Trinajstić information content (AvgIpc) is 3.15. The molecule has 2 atom stereocenters. The van der Waals surface area contributed by atoms with Gasteiger partial charge in [0.1, 0.15) is 17.7 Å². The van der Waals surface area contributed by atoms with Crippen molar-refractivity contribution in [1.29, 1.82) is 0 Å². The van der Waals surface area contributed by atoms with Crippen LogP contribution >= 0.6 is 0 Å². The third kappa shape index (κ3) is 6.38. The van der Waals surface area contributed by atoms with Crippen LogP contribution in [0.5, 0.6) is 5.75 Å². The van der Waals surface area contributed by atoms with Crippen molar-refractivity contribution in [3.63, 3.8) is 0 Å². The zero-order valence-corrected chi connectivity index (χ0v) is 24.6. The molecule has 2 aromatic carbocycles. The van der Waals surface area contributed by atoms with E-state index in [4.69, 9.17) is 9.47 Å². The number of benzene rings is 2. The Balaban J connectivity index is 1.77. The summed E-state index contributed by atoms with van der Waals surface area (Å²) >= 11 is 0. The Bertz CT molecular complexity index is 1490. The first kappa shape index (κ1) is 30.8. The van der Waals surface area contributed by atoms with Crippen molar-refractivity contribution in [3.05, 3.63) is 69.5 Å². The molecule has 0 bridgehead atoms. The van der Waals surface area contributed by atoms with Crippen LogP contribution in [-0.4, -0.2) is 62.8 Å². The summed E-state index contributed by atoms with van der Waals surface area (Å²) < 4.78 is 92.5. The van der Waals surface area contributed by atoms with E-state index in [1.807, 2.05) is 13.8 Å². The molecule has 7 nitrogen and oxygen atoms in total. The van der Waals surface area contributed by atoms with Crippen LogP contribution in [0.15, 0.2) is 35.9 Å². The highest BCUT2D eigenvalue weighted by Crippen LogP contribution is 2.41. The Morgan fingerprint density at radius 2 is 1.83 bits per heavy atom. The van der Waals surface area contributed by atoms with Crippen LogP contribution in [0.25, 0.3) is 5.57 Å². The first-order valence-electron chi connectivity index (χ1n) is 13.2. The van der Waals surface area contributed by atoms with Gasteiger partial charge >= 0.3 is 12.3 Å². The molecule has 2 aliphatic heterocycles.